The van der Waals surface area contributed by atoms with Crippen LogP contribution in [0.4, 0.5) is 11.4 Å². The number of nitrogen functional groups attached to an aromatic ring is 1. The third kappa shape index (κ3) is 2.23. The number of nitrogens with one attached hydrogen (secondary N) is 1. The minimum atomic E-state index is -0.792. The second-order valence-electron chi connectivity index (χ2n) is 2.62. The van der Waals surface area contributed by atoms with E-state index in [2.05, 4.69) is 10.0 Å². The predicted octanol–water partition coefficient (Wildman–Crippen LogP) is 1.14. The summed E-state index contributed by atoms with van der Waals surface area (Å²) in [6, 6.07) is 3.42. The molecule has 0 spiro atoms. The molecule has 1 aromatic carbocycles. The van der Waals surface area contributed by atoms with E-state index in [1.54, 1.807) is 5.43 Å². The summed E-state index contributed by atoms with van der Waals surface area (Å²) in [6.07, 6.45) is 0. The Labute approximate surface area is 88.6 Å². The molecule has 16 heavy (non-hydrogen) atoms. The first-order valence-corrected chi connectivity index (χ1v) is 3.94. The molecule has 0 unspecified atom stereocenters. The van der Waals surface area contributed by atoms with Crippen molar-refractivity contribution in [1.29, 1.82) is 0 Å². The summed E-state index contributed by atoms with van der Waals surface area (Å²) >= 11 is 0. The van der Waals surface area contributed by atoms with Gasteiger partial charge in [0.1, 0.15) is 5.56 Å². The minimum absolute atomic E-state index is 0.0442. The molecule has 0 radical (unpaired) electrons. The van der Waals surface area contributed by atoms with Crippen LogP contribution in [0.2, 0.25) is 0 Å². The summed E-state index contributed by atoms with van der Waals surface area (Å²) in [4.78, 5) is 23.5. The third-order valence-corrected chi connectivity index (χ3v) is 1.71. The Balaban J connectivity index is 3.35. The van der Waals surface area contributed by atoms with Crippen molar-refractivity contribution in [2.24, 2.45) is 11.0 Å². The Kier molecular flexibility index (Phi) is 3.38. The molecular formula is C7H6N6O3. The van der Waals surface area contributed by atoms with Gasteiger partial charge < -0.3 is 0 Å². The number of azide groups is 1. The van der Waals surface area contributed by atoms with Crippen LogP contribution in [0.15, 0.2) is 23.3 Å². The van der Waals surface area contributed by atoms with Crippen molar-refractivity contribution in [3.05, 3.63) is 44.3 Å². The van der Waals surface area contributed by atoms with Gasteiger partial charge in [0, 0.05) is 16.7 Å². The van der Waals surface area contributed by atoms with Crippen LogP contribution in [0.3, 0.4) is 0 Å². The van der Waals surface area contributed by atoms with Crippen molar-refractivity contribution in [2.45, 2.75) is 0 Å². The lowest BCUT2D eigenvalue weighted by Gasteiger charge is -2.01. The number of carbonyl (C=O) groups is 1. The zero-order valence-electron chi connectivity index (χ0n) is 7.82. The number of carbonyl (C=O) groups excluding carboxylic acids is 1. The highest BCUT2D eigenvalue weighted by atomic mass is 16.6. The predicted molar refractivity (Wildman–Crippen MR) is 53.6 cm³/mol. The van der Waals surface area contributed by atoms with Gasteiger partial charge in [0.15, 0.2) is 0 Å². The van der Waals surface area contributed by atoms with Crippen LogP contribution in [-0.2, 0) is 0 Å². The normalized spacial score (nSPS) is 9.06. The topological polar surface area (TPSA) is 147 Å². The molecule has 0 aliphatic carbocycles. The lowest BCUT2D eigenvalue weighted by atomic mass is 10.1. The van der Waals surface area contributed by atoms with Crippen molar-refractivity contribution in [3.63, 3.8) is 0 Å². The highest BCUT2D eigenvalue weighted by molar-refractivity contribution is 5.98. The van der Waals surface area contributed by atoms with E-state index in [1.165, 1.54) is 6.07 Å². The first-order valence-electron chi connectivity index (χ1n) is 3.94. The maximum Gasteiger partial charge on any atom is 0.282 e. The van der Waals surface area contributed by atoms with E-state index in [0.717, 1.165) is 12.1 Å². The molecule has 1 rings (SSSR count). The van der Waals surface area contributed by atoms with Gasteiger partial charge in [-0.2, -0.15) is 0 Å². The van der Waals surface area contributed by atoms with Crippen LogP contribution < -0.4 is 11.3 Å². The maximum atomic E-state index is 11.2. The van der Waals surface area contributed by atoms with Gasteiger partial charge in [-0.1, -0.05) is 11.2 Å². The first-order chi connectivity index (χ1) is 7.60. The summed E-state index contributed by atoms with van der Waals surface area (Å²) in [5.74, 6) is 4.07. The molecule has 0 aromatic heterocycles. The average Bonchev–Trinajstić information content (AvgIpc) is 2.28. The van der Waals surface area contributed by atoms with E-state index in [-0.39, 0.29) is 11.3 Å². The number of hydrogen-bond donors (Lipinski definition) is 2. The van der Waals surface area contributed by atoms with Crippen molar-refractivity contribution in [3.8, 4) is 0 Å². The molecule has 3 N–H and O–H groups in total. The minimum Gasteiger partial charge on any atom is -0.290 e. The van der Waals surface area contributed by atoms with Crippen LogP contribution in [0.5, 0.6) is 0 Å². The fraction of sp³-hybridized carbons (Fsp3) is 0. The van der Waals surface area contributed by atoms with Gasteiger partial charge >= 0.3 is 0 Å². The Morgan fingerprint density at radius 1 is 1.62 bits per heavy atom. The van der Waals surface area contributed by atoms with E-state index in [9.17, 15) is 14.9 Å². The third-order valence-electron chi connectivity index (χ3n) is 1.71. The Hall–Kier alpha value is -2.64. The number of nitro groups is 1. The number of amides is 1. The summed E-state index contributed by atoms with van der Waals surface area (Å²) < 4.78 is 0. The van der Waals surface area contributed by atoms with Crippen LogP contribution in [0.1, 0.15) is 10.4 Å². The first kappa shape index (κ1) is 11.4. The molecule has 0 saturated heterocycles. The summed E-state index contributed by atoms with van der Waals surface area (Å²) in [5.41, 5.74) is 9.31. The second kappa shape index (κ2) is 4.73. The van der Waals surface area contributed by atoms with Crippen molar-refractivity contribution in [2.75, 3.05) is 0 Å². The van der Waals surface area contributed by atoms with Crippen molar-refractivity contribution >= 4 is 17.3 Å². The van der Waals surface area contributed by atoms with Gasteiger partial charge in [0.05, 0.1) is 4.92 Å². The molecule has 1 aromatic rings. The number of nitro benzene ring substituents is 1. The standard InChI is InChI=1S/C7H6N6O3/c8-10-7(14)5-2-1-4(11-12-9)3-6(5)13(15)16/h1-3H,8H2,(H,10,14). The van der Waals surface area contributed by atoms with E-state index >= 15 is 0 Å². The molecule has 1 amide bonds. The molecule has 9 nitrogen and oxygen atoms in total. The lowest BCUT2D eigenvalue weighted by molar-refractivity contribution is -0.385. The number of rotatable bonds is 3. The molecular weight excluding hydrogens is 216 g/mol. The highest BCUT2D eigenvalue weighted by Crippen LogP contribution is 2.24. The van der Waals surface area contributed by atoms with Gasteiger partial charge in [-0.15, -0.1) is 0 Å². The van der Waals surface area contributed by atoms with Gasteiger partial charge in [0.25, 0.3) is 11.6 Å². The number of hydrogen-bond acceptors (Lipinski definition) is 5. The monoisotopic (exact) mass is 222 g/mol. The van der Waals surface area contributed by atoms with Crippen LogP contribution in [-0.4, -0.2) is 10.8 Å². The number of benzene rings is 1. The molecule has 0 heterocycles. The van der Waals surface area contributed by atoms with Gasteiger partial charge in [0.2, 0.25) is 0 Å². The Morgan fingerprint density at radius 3 is 2.81 bits per heavy atom. The van der Waals surface area contributed by atoms with Gasteiger partial charge in [-0.25, -0.2) is 5.84 Å². The second-order valence-corrected chi connectivity index (χ2v) is 2.62. The summed E-state index contributed by atoms with van der Waals surface area (Å²) in [7, 11) is 0. The molecule has 0 aliphatic rings. The van der Waals surface area contributed by atoms with Gasteiger partial charge in [-0.3, -0.25) is 20.3 Å². The Morgan fingerprint density at radius 2 is 2.31 bits per heavy atom. The molecule has 9 heteroatoms. The molecule has 0 saturated carbocycles. The fourth-order valence-corrected chi connectivity index (χ4v) is 1.05. The summed E-state index contributed by atoms with van der Waals surface area (Å²) in [6.45, 7) is 0. The fourth-order valence-electron chi connectivity index (χ4n) is 1.05. The molecule has 82 valence electrons. The van der Waals surface area contributed by atoms with Gasteiger partial charge in [-0.05, 0) is 11.6 Å². The largest absolute Gasteiger partial charge is 0.290 e. The van der Waals surface area contributed by atoms with Crippen LogP contribution >= 0.6 is 0 Å². The number of nitrogens with zero attached hydrogens (tertiary/aromatic N) is 4. The average molecular weight is 222 g/mol. The zero-order chi connectivity index (χ0) is 12.1. The molecule has 0 atom stereocenters. The quantitative estimate of drug-likeness (QED) is 0.150. The lowest BCUT2D eigenvalue weighted by Crippen LogP contribution is -2.30. The maximum absolute atomic E-state index is 11.2. The molecule has 0 aliphatic heterocycles. The van der Waals surface area contributed by atoms with Crippen molar-refractivity contribution in [1.82, 2.24) is 5.43 Å². The SMILES string of the molecule is [N-]=[N+]=Nc1ccc(C(=O)NN)c([N+](=O)[O-])c1. The van der Waals surface area contributed by atoms with E-state index < -0.39 is 16.5 Å². The smallest absolute Gasteiger partial charge is 0.282 e. The summed E-state index contributed by atoms with van der Waals surface area (Å²) in [5, 5.41) is 13.8. The van der Waals surface area contributed by atoms with Crippen LogP contribution in [0, 0.1) is 10.1 Å². The van der Waals surface area contributed by atoms with E-state index in [4.69, 9.17) is 11.4 Å². The number of hydrazine groups is 1. The van der Waals surface area contributed by atoms with E-state index in [0.29, 0.717) is 0 Å². The van der Waals surface area contributed by atoms with E-state index in [1.807, 2.05) is 0 Å². The van der Waals surface area contributed by atoms with Crippen molar-refractivity contribution < 1.29 is 9.72 Å². The Bertz CT molecular complexity index is 493. The van der Waals surface area contributed by atoms with Crippen LogP contribution in [0.25, 0.3) is 10.4 Å². The molecule has 0 fully saturated rings. The highest BCUT2D eigenvalue weighted by Gasteiger charge is 2.19. The molecule has 0 bridgehead atoms. The number of nitrogens with two attached hydrogens (primary N) is 1. The zero-order valence-corrected chi connectivity index (χ0v) is 7.82.